The average molecular weight is 641 g/mol. The molecular formula is C32H36N2O12. The standard InChI is InChI=1S/C32H36N2O12/c1-13-28-16(34-8-9-43-30(42-4)29(34)46-28)10-19(44-13)45-18-12-32(40,31(39)33-2)11-15-21(18)27(38)23-22(25(15)36)24(35)14-6-5-7-17(41-3)20(14)26(23)37/h5-7,13,16,18-19,28-30,36,38,40H,8-12H2,1-4H3,(H,33,39)/t13-,16-,18-,19-,28?,29+,30-,32-/m0/s1. The Morgan fingerprint density at radius 1 is 1.09 bits per heavy atom. The molecule has 46 heavy (non-hydrogen) atoms. The van der Waals surface area contributed by atoms with Crippen molar-refractivity contribution >= 4 is 17.5 Å². The van der Waals surface area contributed by atoms with Crippen LogP contribution in [0.2, 0.25) is 0 Å². The van der Waals surface area contributed by atoms with E-state index >= 15 is 0 Å². The Morgan fingerprint density at radius 3 is 2.57 bits per heavy atom. The first-order valence-electron chi connectivity index (χ1n) is 15.2. The van der Waals surface area contributed by atoms with Crippen molar-refractivity contribution < 1.29 is 58.1 Å². The quantitative estimate of drug-likeness (QED) is 0.289. The zero-order valence-electron chi connectivity index (χ0n) is 25.8. The number of nitrogens with zero attached hydrogens (tertiary/aromatic N) is 1. The molecule has 2 aromatic rings. The van der Waals surface area contributed by atoms with Gasteiger partial charge in [0.25, 0.3) is 5.91 Å². The largest absolute Gasteiger partial charge is 0.507 e. The number of rotatable bonds is 5. The molecule has 3 aliphatic heterocycles. The molecule has 0 saturated carbocycles. The average Bonchev–Trinajstić information content (AvgIpc) is 3.43. The Kier molecular flexibility index (Phi) is 7.59. The van der Waals surface area contributed by atoms with Crippen LogP contribution in [0.15, 0.2) is 18.2 Å². The van der Waals surface area contributed by atoms with Gasteiger partial charge in [-0.15, -0.1) is 0 Å². The molecule has 5 aliphatic rings. The fourth-order valence-corrected chi connectivity index (χ4v) is 7.74. The van der Waals surface area contributed by atoms with Crippen LogP contribution in [-0.4, -0.2) is 115 Å². The van der Waals surface area contributed by atoms with Crippen molar-refractivity contribution in [3.63, 3.8) is 0 Å². The third kappa shape index (κ3) is 4.47. The summed E-state index contributed by atoms with van der Waals surface area (Å²) in [5.74, 6) is -3.24. The van der Waals surface area contributed by atoms with Crippen LogP contribution in [0.3, 0.4) is 0 Å². The molecule has 3 fully saturated rings. The predicted molar refractivity (Wildman–Crippen MR) is 156 cm³/mol. The molecule has 8 atom stereocenters. The molecule has 1 amide bonds. The van der Waals surface area contributed by atoms with Gasteiger partial charge in [-0.1, -0.05) is 12.1 Å². The molecule has 0 spiro atoms. The lowest BCUT2D eigenvalue weighted by molar-refractivity contribution is -0.256. The van der Waals surface area contributed by atoms with Gasteiger partial charge in [-0.2, -0.15) is 0 Å². The van der Waals surface area contributed by atoms with Crippen molar-refractivity contribution in [2.75, 3.05) is 34.4 Å². The summed E-state index contributed by atoms with van der Waals surface area (Å²) in [5.41, 5.74) is -3.04. The van der Waals surface area contributed by atoms with Crippen molar-refractivity contribution in [2.24, 2.45) is 0 Å². The highest BCUT2D eigenvalue weighted by Crippen LogP contribution is 2.53. The van der Waals surface area contributed by atoms with Gasteiger partial charge >= 0.3 is 0 Å². The second kappa shape index (κ2) is 11.3. The minimum absolute atomic E-state index is 0.00549. The van der Waals surface area contributed by atoms with E-state index in [9.17, 15) is 29.7 Å². The van der Waals surface area contributed by atoms with E-state index in [2.05, 4.69) is 10.2 Å². The van der Waals surface area contributed by atoms with Gasteiger partial charge in [0, 0.05) is 62.7 Å². The van der Waals surface area contributed by atoms with Gasteiger partial charge in [-0.3, -0.25) is 19.3 Å². The Bertz CT molecular complexity index is 1630. The number of nitrogens with one attached hydrogen (secondary N) is 1. The smallest absolute Gasteiger partial charge is 0.252 e. The number of hydrogen-bond donors (Lipinski definition) is 4. The lowest BCUT2D eigenvalue weighted by atomic mass is 9.72. The van der Waals surface area contributed by atoms with E-state index in [0.29, 0.717) is 19.6 Å². The van der Waals surface area contributed by atoms with Crippen LogP contribution in [-0.2, 0) is 34.9 Å². The van der Waals surface area contributed by atoms with E-state index in [1.165, 1.54) is 32.4 Å². The summed E-state index contributed by atoms with van der Waals surface area (Å²) < 4.78 is 35.5. The zero-order chi connectivity index (χ0) is 32.7. The number of aliphatic hydroxyl groups is 1. The minimum atomic E-state index is -2.09. The fourth-order valence-electron chi connectivity index (χ4n) is 7.74. The van der Waals surface area contributed by atoms with Crippen LogP contribution >= 0.6 is 0 Å². The number of phenolic OH excluding ortho intramolecular Hbond substituents is 2. The molecule has 0 bridgehead atoms. The highest BCUT2D eigenvalue weighted by Gasteiger charge is 2.55. The number of hydrogen-bond acceptors (Lipinski definition) is 13. The van der Waals surface area contributed by atoms with Crippen molar-refractivity contribution in [1.29, 1.82) is 0 Å². The maximum atomic E-state index is 13.9. The fraction of sp³-hybridized carbons (Fsp3) is 0.531. The topological polar surface area (TPSA) is 183 Å². The number of phenols is 2. The van der Waals surface area contributed by atoms with Gasteiger partial charge in [0.15, 0.2) is 24.6 Å². The van der Waals surface area contributed by atoms with Crippen LogP contribution in [0.5, 0.6) is 17.2 Å². The van der Waals surface area contributed by atoms with E-state index in [-0.39, 0.29) is 46.6 Å². The van der Waals surface area contributed by atoms with Gasteiger partial charge in [0.05, 0.1) is 42.6 Å². The summed E-state index contributed by atoms with van der Waals surface area (Å²) >= 11 is 0. The first-order valence-corrected chi connectivity index (χ1v) is 15.2. The zero-order valence-corrected chi connectivity index (χ0v) is 25.8. The molecule has 0 radical (unpaired) electrons. The number of methoxy groups -OCH3 is 2. The molecule has 14 nitrogen and oxygen atoms in total. The number of carbonyl (C=O) groups is 3. The van der Waals surface area contributed by atoms with Crippen LogP contribution in [0, 0.1) is 0 Å². The second-order valence-corrected chi connectivity index (χ2v) is 12.3. The summed E-state index contributed by atoms with van der Waals surface area (Å²) in [6.45, 7) is 2.88. The Morgan fingerprint density at radius 2 is 1.85 bits per heavy atom. The molecule has 4 N–H and O–H groups in total. The van der Waals surface area contributed by atoms with Crippen molar-refractivity contribution in [3.8, 4) is 17.2 Å². The third-order valence-electron chi connectivity index (χ3n) is 9.83. The van der Waals surface area contributed by atoms with Gasteiger partial charge in [-0.05, 0) is 13.0 Å². The lowest BCUT2D eigenvalue weighted by Crippen LogP contribution is -2.55. The molecule has 14 heteroatoms. The summed E-state index contributed by atoms with van der Waals surface area (Å²) in [5, 5.41) is 37.4. The Labute approximate surface area is 264 Å². The number of ether oxygens (including phenoxy) is 6. The number of ketones is 2. The summed E-state index contributed by atoms with van der Waals surface area (Å²) in [4.78, 5) is 42.8. The number of amides is 1. The number of morpholine rings is 1. The first kappa shape index (κ1) is 31.0. The maximum absolute atomic E-state index is 13.9. The van der Waals surface area contributed by atoms with E-state index in [1.54, 1.807) is 7.11 Å². The SMILES string of the molecule is CNC(=O)[C@]1(O)Cc2c(O)c3c(c(O)c2[C@@H](O[C@H]2C[C@H]4C(O[C@@H]5[C@@H](OC)OCCN54)[C@H](C)O2)C1)C(=O)c1c(OC)cccc1C3=O. The predicted octanol–water partition coefficient (Wildman–Crippen LogP) is 0.896. The molecule has 246 valence electrons. The van der Waals surface area contributed by atoms with E-state index in [1.807, 2.05) is 6.92 Å². The van der Waals surface area contributed by atoms with Crippen LogP contribution < -0.4 is 10.1 Å². The van der Waals surface area contributed by atoms with Crippen molar-refractivity contribution in [1.82, 2.24) is 10.2 Å². The van der Waals surface area contributed by atoms with Gasteiger partial charge in [0.1, 0.15) is 29.0 Å². The number of carbonyl (C=O) groups excluding carboxylic acids is 3. The molecular weight excluding hydrogens is 604 g/mol. The Balaban J connectivity index is 1.30. The highest BCUT2D eigenvalue weighted by molar-refractivity contribution is 6.31. The Hall–Kier alpha value is -3.63. The van der Waals surface area contributed by atoms with Gasteiger partial charge in [-0.25, -0.2) is 0 Å². The van der Waals surface area contributed by atoms with Gasteiger partial charge < -0.3 is 49.1 Å². The first-order chi connectivity index (χ1) is 22.0. The normalized spacial score (nSPS) is 33.4. The molecule has 3 saturated heterocycles. The molecule has 1 unspecified atom stereocenters. The second-order valence-electron chi connectivity index (χ2n) is 12.3. The van der Waals surface area contributed by atoms with Crippen LogP contribution in [0.1, 0.15) is 68.8 Å². The molecule has 2 aliphatic carbocycles. The number of likely N-dealkylation sites (N-methyl/N-ethyl adjacent to an activating group) is 1. The highest BCUT2D eigenvalue weighted by atomic mass is 16.7. The third-order valence-corrected chi connectivity index (χ3v) is 9.83. The van der Waals surface area contributed by atoms with Crippen molar-refractivity contribution in [3.05, 3.63) is 51.6 Å². The summed E-state index contributed by atoms with van der Waals surface area (Å²) in [7, 11) is 4.27. The molecule has 7 rings (SSSR count). The van der Waals surface area contributed by atoms with E-state index < -0.39 is 83.1 Å². The maximum Gasteiger partial charge on any atom is 0.252 e. The van der Waals surface area contributed by atoms with E-state index in [4.69, 9.17) is 28.4 Å². The number of benzene rings is 2. The van der Waals surface area contributed by atoms with Gasteiger partial charge in [0.2, 0.25) is 5.78 Å². The monoisotopic (exact) mass is 640 g/mol. The van der Waals surface area contributed by atoms with Crippen molar-refractivity contribution in [2.45, 2.75) is 74.9 Å². The van der Waals surface area contributed by atoms with Crippen LogP contribution in [0.4, 0.5) is 0 Å². The summed E-state index contributed by atoms with van der Waals surface area (Å²) in [6.07, 6.45) is -4.36. The van der Waals surface area contributed by atoms with E-state index in [0.717, 1.165) is 0 Å². The minimum Gasteiger partial charge on any atom is -0.507 e. The molecule has 0 aromatic heterocycles. The summed E-state index contributed by atoms with van der Waals surface area (Å²) in [6, 6.07) is 4.35. The lowest BCUT2D eigenvalue weighted by Gasteiger charge is -2.43. The number of fused-ring (bicyclic) bond motifs is 6. The molecule has 2 aromatic carbocycles. The number of aromatic hydroxyl groups is 2. The molecule has 3 heterocycles. The van der Waals surface area contributed by atoms with Crippen LogP contribution in [0.25, 0.3) is 0 Å².